The predicted molar refractivity (Wildman–Crippen MR) is 57.5 cm³/mol. The fourth-order valence-corrected chi connectivity index (χ4v) is 2.20. The number of hydrogen-bond donors (Lipinski definition) is 0. The van der Waals surface area contributed by atoms with Crippen LogP contribution in [0, 0.1) is 18.3 Å². The molecule has 0 amide bonds. The molecule has 1 rings (SSSR count). The largest absolute Gasteiger partial charge is 0.289 e. The van der Waals surface area contributed by atoms with Gasteiger partial charge in [0, 0.05) is 12.6 Å². The third kappa shape index (κ3) is 3.40. The molecule has 0 saturated heterocycles. The fourth-order valence-electron chi connectivity index (χ4n) is 2.20. The van der Waals surface area contributed by atoms with Crippen molar-refractivity contribution >= 4 is 0 Å². The summed E-state index contributed by atoms with van der Waals surface area (Å²) in [7, 11) is 0. The van der Waals surface area contributed by atoms with E-state index in [1.54, 1.807) is 0 Å². The Hall–Kier alpha value is -0.480. The van der Waals surface area contributed by atoms with Crippen LogP contribution in [0.1, 0.15) is 39.5 Å². The van der Waals surface area contributed by atoms with E-state index in [0.717, 1.165) is 25.0 Å². The van der Waals surface area contributed by atoms with Gasteiger partial charge < -0.3 is 0 Å². The van der Waals surface area contributed by atoms with Crippen LogP contribution in [0.2, 0.25) is 0 Å². The first-order chi connectivity index (χ1) is 6.24. The van der Waals surface area contributed by atoms with E-state index in [4.69, 9.17) is 6.42 Å². The maximum atomic E-state index is 5.38. The van der Waals surface area contributed by atoms with Crippen molar-refractivity contribution in [3.8, 4) is 12.3 Å². The predicted octanol–water partition coefficient (Wildman–Crippen LogP) is 2.52. The van der Waals surface area contributed by atoms with Crippen molar-refractivity contribution in [2.24, 2.45) is 5.92 Å². The molecule has 74 valence electrons. The minimum atomic E-state index is 0.731. The summed E-state index contributed by atoms with van der Waals surface area (Å²) in [4.78, 5) is 2.48. The second-order valence-corrected chi connectivity index (χ2v) is 4.47. The van der Waals surface area contributed by atoms with Crippen molar-refractivity contribution in [2.45, 2.75) is 45.6 Å². The average molecular weight is 179 g/mol. The van der Waals surface area contributed by atoms with Crippen molar-refractivity contribution in [3.63, 3.8) is 0 Å². The van der Waals surface area contributed by atoms with Crippen LogP contribution < -0.4 is 0 Å². The van der Waals surface area contributed by atoms with Gasteiger partial charge in [0.2, 0.25) is 0 Å². The Morgan fingerprint density at radius 2 is 2.00 bits per heavy atom. The lowest BCUT2D eigenvalue weighted by molar-refractivity contribution is 0.200. The Balaban J connectivity index is 2.41. The zero-order valence-electron chi connectivity index (χ0n) is 8.92. The highest BCUT2D eigenvalue weighted by molar-refractivity contribution is 4.91. The highest BCUT2D eigenvalue weighted by atomic mass is 15.2. The van der Waals surface area contributed by atoms with E-state index >= 15 is 0 Å². The lowest BCUT2D eigenvalue weighted by atomic mass is 10.1. The molecule has 1 fully saturated rings. The monoisotopic (exact) mass is 179 g/mol. The molecule has 1 heteroatoms. The highest BCUT2D eigenvalue weighted by Crippen LogP contribution is 2.23. The summed E-state index contributed by atoms with van der Waals surface area (Å²) in [6.07, 6.45) is 10.9. The summed E-state index contributed by atoms with van der Waals surface area (Å²) in [5.41, 5.74) is 0. The molecule has 0 atom stereocenters. The van der Waals surface area contributed by atoms with Crippen molar-refractivity contribution in [2.75, 3.05) is 13.1 Å². The number of terminal acetylenes is 1. The third-order valence-corrected chi connectivity index (χ3v) is 2.74. The Labute approximate surface area is 82.5 Å². The van der Waals surface area contributed by atoms with Crippen LogP contribution in [0.4, 0.5) is 0 Å². The van der Waals surface area contributed by atoms with Gasteiger partial charge in [-0.15, -0.1) is 6.42 Å². The number of rotatable bonds is 4. The van der Waals surface area contributed by atoms with E-state index in [2.05, 4.69) is 24.7 Å². The Morgan fingerprint density at radius 1 is 1.38 bits per heavy atom. The molecule has 1 nitrogen and oxygen atoms in total. The van der Waals surface area contributed by atoms with Gasteiger partial charge in [0.1, 0.15) is 0 Å². The molecular weight excluding hydrogens is 158 g/mol. The van der Waals surface area contributed by atoms with Crippen LogP contribution in [0.5, 0.6) is 0 Å². The maximum Gasteiger partial charge on any atom is 0.0601 e. The number of hydrogen-bond acceptors (Lipinski definition) is 1. The van der Waals surface area contributed by atoms with Gasteiger partial charge in [-0.2, -0.15) is 0 Å². The van der Waals surface area contributed by atoms with E-state index in [1.807, 2.05) is 0 Å². The van der Waals surface area contributed by atoms with Gasteiger partial charge in [-0.25, -0.2) is 0 Å². The summed E-state index contributed by atoms with van der Waals surface area (Å²) < 4.78 is 0. The molecule has 0 heterocycles. The van der Waals surface area contributed by atoms with E-state index in [0.29, 0.717) is 0 Å². The van der Waals surface area contributed by atoms with Crippen LogP contribution in [0.15, 0.2) is 0 Å². The first-order valence-electron chi connectivity index (χ1n) is 5.41. The molecular formula is C12H21N. The number of nitrogens with zero attached hydrogens (tertiary/aromatic N) is 1. The summed E-state index contributed by atoms with van der Waals surface area (Å²) in [6.45, 7) is 6.52. The van der Waals surface area contributed by atoms with Crippen LogP contribution in [-0.4, -0.2) is 24.0 Å². The maximum absolute atomic E-state index is 5.38. The lowest BCUT2D eigenvalue weighted by Gasteiger charge is -2.28. The van der Waals surface area contributed by atoms with Gasteiger partial charge in [-0.1, -0.05) is 32.6 Å². The zero-order valence-corrected chi connectivity index (χ0v) is 8.92. The molecule has 0 aromatic heterocycles. The second-order valence-electron chi connectivity index (χ2n) is 4.47. The van der Waals surface area contributed by atoms with Crippen molar-refractivity contribution in [1.29, 1.82) is 0 Å². The summed E-state index contributed by atoms with van der Waals surface area (Å²) >= 11 is 0. The zero-order chi connectivity index (χ0) is 9.68. The molecule has 13 heavy (non-hydrogen) atoms. The standard InChI is InChI=1S/C12H21N/c1-4-9-13(10-11(2)3)12-7-5-6-8-12/h1,11-12H,5-10H2,2-3H3. The summed E-state index contributed by atoms with van der Waals surface area (Å²) in [5.74, 6) is 3.51. The molecule has 1 aliphatic rings. The average Bonchev–Trinajstić information content (AvgIpc) is 2.54. The van der Waals surface area contributed by atoms with E-state index in [-0.39, 0.29) is 0 Å². The summed E-state index contributed by atoms with van der Waals surface area (Å²) in [5, 5.41) is 0. The van der Waals surface area contributed by atoms with Crippen LogP contribution >= 0.6 is 0 Å². The molecule has 0 radical (unpaired) electrons. The second kappa shape index (κ2) is 5.29. The molecule has 0 aliphatic heterocycles. The van der Waals surface area contributed by atoms with Crippen molar-refractivity contribution in [1.82, 2.24) is 4.90 Å². The van der Waals surface area contributed by atoms with Gasteiger partial charge in [0.05, 0.1) is 6.54 Å². The fraction of sp³-hybridized carbons (Fsp3) is 0.833. The van der Waals surface area contributed by atoms with Crippen molar-refractivity contribution < 1.29 is 0 Å². The van der Waals surface area contributed by atoms with Crippen LogP contribution in [0.25, 0.3) is 0 Å². The molecule has 0 aromatic carbocycles. The lowest BCUT2D eigenvalue weighted by Crippen LogP contribution is -2.36. The molecule has 1 aliphatic carbocycles. The highest BCUT2D eigenvalue weighted by Gasteiger charge is 2.21. The summed E-state index contributed by atoms with van der Waals surface area (Å²) in [6, 6.07) is 0.776. The van der Waals surface area contributed by atoms with Gasteiger partial charge in [-0.05, 0) is 18.8 Å². The normalized spacial score (nSPS) is 18.4. The molecule has 0 bridgehead atoms. The quantitative estimate of drug-likeness (QED) is 0.599. The van der Waals surface area contributed by atoms with Gasteiger partial charge in [-0.3, -0.25) is 4.90 Å². The Morgan fingerprint density at radius 3 is 2.46 bits per heavy atom. The topological polar surface area (TPSA) is 3.24 Å². The van der Waals surface area contributed by atoms with Crippen molar-refractivity contribution in [3.05, 3.63) is 0 Å². The van der Waals surface area contributed by atoms with E-state index < -0.39 is 0 Å². The van der Waals surface area contributed by atoms with Crippen LogP contribution in [-0.2, 0) is 0 Å². The van der Waals surface area contributed by atoms with Gasteiger partial charge in [0.25, 0.3) is 0 Å². The molecule has 0 aromatic rings. The molecule has 0 N–H and O–H groups in total. The minimum absolute atomic E-state index is 0.731. The Bertz CT molecular complexity index is 172. The van der Waals surface area contributed by atoms with E-state index in [1.165, 1.54) is 25.7 Å². The molecule has 0 spiro atoms. The Kier molecular flexibility index (Phi) is 4.32. The molecule has 1 saturated carbocycles. The van der Waals surface area contributed by atoms with Gasteiger partial charge >= 0.3 is 0 Å². The first kappa shape index (κ1) is 10.6. The van der Waals surface area contributed by atoms with Crippen LogP contribution in [0.3, 0.4) is 0 Å². The van der Waals surface area contributed by atoms with Gasteiger partial charge in [0.15, 0.2) is 0 Å². The minimum Gasteiger partial charge on any atom is -0.289 e. The van der Waals surface area contributed by atoms with E-state index in [9.17, 15) is 0 Å². The first-order valence-corrected chi connectivity index (χ1v) is 5.41. The smallest absolute Gasteiger partial charge is 0.0601 e. The molecule has 0 unspecified atom stereocenters. The SMILES string of the molecule is C#CCN(CC(C)C)C1CCCC1. The third-order valence-electron chi connectivity index (χ3n) is 2.74.